The van der Waals surface area contributed by atoms with Crippen LogP contribution in [0.25, 0.3) is 0 Å². The monoisotopic (exact) mass is 318 g/mol. The Morgan fingerprint density at radius 1 is 1.22 bits per heavy atom. The van der Waals surface area contributed by atoms with Gasteiger partial charge in [-0.3, -0.25) is 14.4 Å². The van der Waals surface area contributed by atoms with Gasteiger partial charge in [0.15, 0.2) is 0 Å². The van der Waals surface area contributed by atoms with Gasteiger partial charge >= 0.3 is 0 Å². The molecule has 2 aliphatic heterocycles. The molecule has 5 nitrogen and oxygen atoms in total. The normalized spacial score (nSPS) is 25.4. The molecule has 23 heavy (non-hydrogen) atoms. The van der Waals surface area contributed by atoms with E-state index < -0.39 is 0 Å². The fourth-order valence-corrected chi connectivity index (χ4v) is 4.43. The summed E-state index contributed by atoms with van der Waals surface area (Å²) in [6.45, 7) is 10.2. The maximum absolute atomic E-state index is 12.8. The van der Waals surface area contributed by atoms with Gasteiger partial charge in [-0.15, -0.1) is 0 Å². The molecule has 0 aliphatic carbocycles. The summed E-state index contributed by atoms with van der Waals surface area (Å²) in [5, 5.41) is 4.47. The van der Waals surface area contributed by atoms with E-state index in [9.17, 15) is 4.79 Å². The van der Waals surface area contributed by atoms with Gasteiger partial charge in [-0.25, -0.2) is 0 Å². The van der Waals surface area contributed by atoms with E-state index in [-0.39, 0.29) is 0 Å². The van der Waals surface area contributed by atoms with Gasteiger partial charge in [0.05, 0.1) is 5.69 Å². The summed E-state index contributed by atoms with van der Waals surface area (Å²) in [6.07, 6.45) is 5.43. The molecule has 1 aromatic heterocycles. The lowest BCUT2D eigenvalue weighted by Crippen LogP contribution is -2.48. The Kier molecular flexibility index (Phi) is 5.05. The highest BCUT2D eigenvalue weighted by Gasteiger charge is 2.38. The van der Waals surface area contributed by atoms with Gasteiger partial charge in [-0.1, -0.05) is 6.92 Å². The molecule has 2 saturated heterocycles. The molecule has 0 bridgehead atoms. The predicted octanol–water partition coefficient (Wildman–Crippen LogP) is 2.37. The van der Waals surface area contributed by atoms with Gasteiger partial charge in [0.1, 0.15) is 0 Å². The lowest BCUT2D eigenvalue weighted by atomic mass is 10.0. The zero-order chi connectivity index (χ0) is 16.4. The third-order valence-corrected chi connectivity index (χ3v) is 5.52. The number of likely N-dealkylation sites (tertiary alicyclic amines) is 2. The first-order valence-corrected chi connectivity index (χ1v) is 9.14. The van der Waals surface area contributed by atoms with Crippen molar-refractivity contribution in [2.75, 3.05) is 19.6 Å². The van der Waals surface area contributed by atoms with Crippen molar-refractivity contribution in [1.82, 2.24) is 19.6 Å². The van der Waals surface area contributed by atoms with E-state index in [1.54, 1.807) is 0 Å². The molecule has 3 heterocycles. The number of likely N-dealkylation sites (N-methyl/N-ethyl adjacent to an activating group) is 1. The number of carbonyl (C=O) groups excluding carboxylic acids is 1. The molecule has 2 fully saturated rings. The molecule has 5 heteroatoms. The number of carbonyl (C=O) groups is 1. The van der Waals surface area contributed by atoms with Crippen LogP contribution in [0.15, 0.2) is 6.07 Å². The molecule has 0 aromatic carbocycles. The first-order valence-electron chi connectivity index (χ1n) is 9.14. The molecular formula is C18H30N4O. The lowest BCUT2D eigenvalue weighted by Gasteiger charge is -2.34. The first-order chi connectivity index (χ1) is 11.1. The maximum Gasteiger partial charge on any atom is 0.224 e. The molecule has 128 valence electrons. The van der Waals surface area contributed by atoms with Crippen LogP contribution in [-0.2, 0) is 11.3 Å². The van der Waals surface area contributed by atoms with Crippen LogP contribution >= 0.6 is 0 Å². The number of nitrogens with zero attached hydrogens (tertiary/aromatic N) is 4. The van der Waals surface area contributed by atoms with Crippen LogP contribution in [0.1, 0.15) is 50.4 Å². The van der Waals surface area contributed by atoms with E-state index >= 15 is 0 Å². The Bertz CT molecular complexity index is 553. The second kappa shape index (κ2) is 7.04. The molecule has 3 rings (SSSR count). The van der Waals surface area contributed by atoms with Crippen molar-refractivity contribution in [1.29, 1.82) is 0 Å². The molecule has 0 N–H and O–H groups in total. The summed E-state index contributed by atoms with van der Waals surface area (Å²) < 4.78 is 1.96. The number of rotatable bonds is 5. The van der Waals surface area contributed by atoms with E-state index in [4.69, 9.17) is 0 Å². The topological polar surface area (TPSA) is 41.4 Å². The summed E-state index contributed by atoms with van der Waals surface area (Å²) in [5.41, 5.74) is 2.17. The van der Waals surface area contributed by atoms with Gasteiger partial charge in [0, 0.05) is 37.3 Å². The summed E-state index contributed by atoms with van der Waals surface area (Å²) in [6, 6.07) is 3.09. The van der Waals surface area contributed by atoms with Crippen molar-refractivity contribution in [2.45, 2.75) is 71.5 Å². The van der Waals surface area contributed by atoms with Crippen LogP contribution in [0.3, 0.4) is 0 Å². The quantitative estimate of drug-likeness (QED) is 0.837. The number of amides is 1. The Morgan fingerprint density at radius 3 is 2.65 bits per heavy atom. The first kappa shape index (κ1) is 16.5. The minimum absolute atomic E-state index is 0.308. The van der Waals surface area contributed by atoms with Gasteiger partial charge in [-0.05, 0) is 58.7 Å². The summed E-state index contributed by atoms with van der Waals surface area (Å²) in [5.74, 6) is 0.308. The van der Waals surface area contributed by atoms with Gasteiger partial charge in [0.2, 0.25) is 5.91 Å². The molecular weight excluding hydrogens is 288 g/mol. The van der Waals surface area contributed by atoms with Crippen LogP contribution in [0.2, 0.25) is 0 Å². The Balaban J connectivity index is 1.60. The van der Waals surface area contributed by atoms with E-state index in [0.29, 0.717) is 31.0 Å². The molecule has 0 saturated carbocycles. The van der Waals surface area contributed by atoms with E-state index in [0.717, 1.165) is 30.9 Å². The highest BCUT2D eigenvalue weighted by atomic mass is 16.2. The Hall–Kier alpha value is -1.36. The molecule has 2 aliphatic rings. The third-order valence-electron chi connectivity index (χ3n) is 5.52. The fourth-order valence-electron chi connectivity index (χ4n) is 4.43. The number of aromatic nitrogens is 2. The highest BCUT2D eigenvalue weighted by molar-refractivity contribution is 5.76. The second-order valence-electron chi connectivity index (χ2n) is 7.04. The summed E-state index contributed by atoms with van der Waals surface area (Å²) in [4.78, 5) is 17.5. The largest absolute Gasteiger partial charge is 0.338 e. The average molecular weight is 318 g/mol. The molecule has 0 radical (unpaired) electrons. The molecule has 1 amide bonds. The van der Waals surface area contributed by atoms with Crippen molar-refractivity contribution in [2.24, 2.45) is 0 Å². The van der Waals surface area contributed by atoms with Crippen molar-refractivity contribution in [3.8, 4) is 0 Å². The number of hydrogen-bond donors (Lipinski definition) is 0. The zero-order valence-electron chi connectivity index (χ0n) is 14.8. The van der Waals surface area contributed by atoms with Crippen LogP contribution < -0.4 is 0 Å². The fraction of sp³-hybridized carbons (Fsp3) is 0.778. The molecule has 0 spiro atoms. The predicted molar refractivity (Wildman–Crippen MR) is 91.3 cm³/mol. The minimum atomic E-state index is 0.308. The van der Waals surface area contributed by atoms with Crippen LogP contribution in [0, 0.1) is 13.8 Å². The van der Waals surface area contributed by atoms with Crippen LogP contribution in [-0.4, -0.2) is 57.2 Å². The van der Waals surface area contributed by atoms with Crippen molar-refractivity contribution in [3.05, 3.63) is 17.5 Å². The van der Waals surface area contributed by atoms with E-state index in [2.05, 4.69) is 34.8 Å². The second-order valence-corrected chi connectivity index (χ2v) is 7.04. The maximum atomic E-state index is 12.8. The van der Waals surface area contributed by atoms with Crippen molar-refractivity contribution >= 4 is 5.91 Å². The molecule has 0 unspecified atom stereocenters. The minimum Gasteiger partial charge on any atom is -0.338 e. The number of aryl methyl sites for hydroxylation is 3. The summed E-state index contributed by atoms with van der Waals surface area (Å²) >= 11 is 0. The van der Waals surface area contributed by atoms with Gasteiger partial charge in [-0.2, -0.15) is 5.10 Å². The Labute approximate surface area is 139 Å². The average Bonchev–Trinajstić information content (AvgIpc) is 3.23. The zero-order valence-corrected chi connectivity index (χ0v) is 14.8. The third kappa shape index (κ3) is 3.44. The van der Waals surface area contributed by atoms with Gasteiger partial charge in [0.25, 0.3) is 0 Å². The highest BCUT2D eigenvalue weighted by Crippen LogP contribution is 2.30. The number of hydrogen-bond acceptors (Lipinski definition) is 3. The van der Waals surface area contributed by atoms with Crippen LogP contribution in [0.4, 0.5) is 0 Å². The van der Waals surface area contributed by atoms with E-state index in [1.165, 1.54) is 25.8 Å². The van der Waals surface area contributed by atoms with Gasteiger partial charge < -0.3 is 4.90 Å². The van der Waals surface area contributed by atoms with Crippen molar-refractivity contribution < 1.29 is 4.79 Å². The van der Waals surface area contributed by atoms with E-state index in [1.807, 2.05) is 11.6 Å². The van der Waals surface area contributed by atoms with Crippen LogP contribution in [0.5, 0.6) is 0 Å². The molecule has 1 aromatic rings. The SMILES string of the molecule is CCN1CCC[C@H]1[C@@H]1CCCN1C(=O)CCn1nc(C)cc1C. The summed E-state index contributed by atoms with van der Waals surface area (Å²) in [7, 11) is 0. The standard InChI is InChI=1S/C18H30N4O/c1-4-20-10-5-7-16(20)17-8-6-11-21(17)18(23)9-12-22-15(3)13-14(2)19-22/h13,16-17H,4-12H2,1-3H3/t16-,17-/m0/s1. The molecule has 2 atom stereocenters. The van der Waals surface area contributed by atoms with Crippen molar-refractivity contribution in [3.63, 3.8) is 0 Å². The lowest BCUT2D eigenvalue weighted by molar-refractivity contribution is -0.133. The Morgan fingerprint density at radius 2 is 1.96 bits per heavy atom. The smallest absolute Gasteiger partial charge is 0.224 e.